The number of nitrogens with one attached hydrogen (secondary N) is 2. The molecule has 0 bridgehead atoms. The van der Waals surface area contributed by atoms with Gasteiger partial charge in [0.25, 0.3) is 11.8 Å². The molecule has 0 saturated carbocycles. The summed E-state index contributed by atoms with van der Waals surface area (Å²) in [4.78, 5) is 25.2. The quantitative estimate of drug-likeness (QED) is 0.159. The van der Waals surface area contributed by atoms with E-state index in [4.69, 9.17) is 21.1 Å². The molecule has 190 valence electrons. The van der Waals surface area contributed by atoms with Crippen LogP contribution >= 0.6 is 34.2 Å². The van der Waals surface area contributed by atoms with E-state index in [9.17, 15) is 14.9 Å². The summed E-state index contributed by atoms with van der Waals surface area (Å²) in [5.41, 5.74) is 3.51. The topological polar surface area (TPSA) is 100 Å². The second-order valence-electron chi connectivity index (χ2n) is 8.00. The molecule has 0 aromatic heterocycles. The Labute approximate surface area is 234 Å². The summed E-state index contributed by atoms with van der Waals surface area (Å²) >= 11 is 8.19. The van der Waals surface area contributed by atoms with Gasteiger partial charge in [0.2, 0.25) is 0 Å². The zero-order valence-electron chi connectivity index (χ0n) is 20.5. The molecule has 0 aliphatic heterocycles. The maximum absolute atomic E-state index is 12.7. The lowest BCUT2D eigenvalue weighted by molar-refractivity contribution is -0.118. The molecule has 0 aliphatic carbocycles. The second kappa shape index (κ2) is 13.1. The predicted molar refractivity (Wildman–Crippen MR) is 154 cm³/mol. The number of carbonyl (C=O) groups excluding carboxylic acids is 2. The van der Waals surface area contributed by atoms with E-state index in [1.54, 1.807) is 30.3 Å². The third-order valence-corrected chi connectivity index (χ3v) is 6.41. The van der Waals surface area contributed by atoms with Crippen molar-refractivity contribution in [2.75, 3.05) is 23.8 Å². The first-order valence-corrected chi connectivity index (χ1v) is 12.8. The molecular weight excluding hydrogens is 605 g/mol. The number of amides is 2. The monoisotopic (exact) mass is 629 g/mol. The Kier molecular flexibility index (Phi) is 9.94. The van der Waals surface area contributed by atoms with Gasteiger partial charge in [-0.1, -0.05) is 35.9 Å². The van der Waals surface area contributed by atoms with Crippen LogP contribution in [0.1, 0.15) is 23.6 Å². The molecule has 0 radical (unpaired) electrons. The lowest BCUT2D eigenvalue weighted by Gasteiger charge is -2.15. The molecule has 7 nitrogen and oxygen atoms in total. The fraction of sp³-hybridized carbons (Fsp3) is 0.179. The molecule has 0 unspecified atom stereocenters. The number of rotatable bonds is 9. The average molecular weight is 630 g/mol. The molecule has 0 atom stereocenters. The van der Waals surface area contributed by atoms with Crippen LogP contribution < -0.4 is 20.1 Å². The number of anilines is 2. The SMILES string of the molecule is CCOc1cc(/C=C(/C#N)C(=O)Nc2ccccc2C)cc(I)c1OCC(=O)Nc1ccc(C)c(Cl)c1. The van der Waals surface area contributed by atoms with Crippen molar-refractivity contribution in [3.05, 3.63) is 85.5 Å². The van der Waals surface area contributed by atoms with Crippen LogP contribution in [0, 0.1) is 28.7 Å². The molecule has 0 saturated heterocycles. The van der Waals surface area contributed by atoms with Gasteiger partial charge in [0.15, 0.2) is 18.1 Å². The molecule has 0 fully saturated rings. The Bertz CT molecular complexity index is 1400. The molecule has 3 aromatic carbocycles. The van der Waals surface area contributed by atoms with E-state index < -0.39 is 5.91 Å². The van der Waals surface area contributed by atoms with Crippen molar-refractivity contribution in [3.8, 4) is 17.6 Å². The van der Waals surface area contributed by atoms with Crippen molar-refractivity contribution in [2.45, 2.75) is 20.8 Å². The Morgan fingerprint density at radius 3 is 2.49 bits per heavy atom. The third-order valence-electron chi connectivity index (χ3n) is 5.20. The van der Waals surface area contributed by atoms with Crippen LogP contribution in [0.4, 0.5) is 11.4 Å². The van der Waals surface area contributed by atoms with E-state index >= 15 is 0 Å². The highest BCUT2D eigenvalue weighted by Crippen LogP contribution is 2.35. The Morgan fingerprint density at radius 1 is 1.05 bits per heavy atom. The zero-order chi connectivity index (χ0) is 26.9. The third kappa shape index (κ3) is 7.71. The summed E-state index contributed by atoms with van der Waals surface area (Å²) in [7, 11) is 0. The van der Waals surface area contributed by atoms with Gasteiger partial charge in [0, 0.05) is 16.4 Å². The number of ether oxygens (including phenoxy) is 2. The number of hydrogen-bond donors (Lipinski definition) is 2. The molecular formula is C28H25ClIN3O4. The first kappa shape index (κ1) is 28.0. The van der Waals surface area contributed by atoms with Crippen LogP contribution in [0.5, 0.6) is 11.5 Å². The normalized spacial score (nSPS) is 10.9. The van der Waals surface area contributed by atoms with Crippen LogP contribution in [0.2, 0.25) is 5.02 Å². The summed E-state index contributed by atoms with van der Waals surface area (Å²) in [6, 6.07) is 17.9. The van der Waals surface area contributed by atoms with Crippen molar-refractivity contribution in [1.29, 1.82) is 5.26 Å². The zero-order valence-corrected chi connectivity index (χ0v) is 23.4. The number of carbonyl (C=O) groups is 2. The van der Waals surface area contributed by atoms with E-state index in [-0.39, 0.29) is 18.1 Å². The van der Waals surface area contributed by atoms with Crippen molar-refractivity contribution in [2.24, 2.45) is 0 Å². The molecule has 0 aliphatic rings. The van der Waals surface area contributed by atoms with E-state index in [0.717, 1.165) is 11.1 Å². The first-order chi connectivity index (χ1) is 17.7. The number of hydrogen-bond acceptors (Lipinski definition) is 5. The van der Waals surface area contributed by atoms with Crippen LogP contribution in [0.15, 0.2) is 60.2 Å². The lowest BCUT2D eigenvalue weighted by atomic mass is 10.1. The molecule has 37 heavy (non-hydrogen) atoms. The van der Waals surface area contributed by atoms with Gasteiger partial charge >= 0.3 is 0 Å². The molecule has 3 rings (SSSR count). The fourth-order valence-corrected chi connectivity index (χ4v) is 4.26. The minimum atomic E-state index is -0.516. The predicted octanol–water partition coefficient (Wildman–Crippen LogP) is 6.52. The summed E-state index contributed by atoms with van der Waals surface area (Å²) in [5.74, 6) is -0.0947. The Morgan fingerprint density at radius 2 is 1.81 bits per heavy atom. The van der Waals surface area contributed by atoms with Crippen LogP contribution in [0.3, 0.4) is 0 Å². The standard InChI is InChI=1S/C28H25ClIN3O4/c1-4-36-25-13-19(11-20(15-31)28(35)33-24-8-6-5-7-18(24)3)12-23(30)27(25)37-16-26(34)32-21-10-9-17(2)22(29)14-21/h5-14H,4,16H2,1-3H3,(H,32,34)(H,33,35)/b20-11-. The van der Waals surface area contributed by atoms with E-state index in [2.05, 4.69) is 33.2 Å². The Hall–Kier alpha value is -3.55. The molecule has 3 aromatic rings. The summed E-state index contributed by atoms with van der Waals surface area (Å²) in [6.45, 7) is 5.68. The van der Waals surface area contributed by atoms with Gasteiger partial charge in [-0.05, 0) is 96.5 Å². The molecule has 2 amide bonds. The van der Waals surface area contributed by atoms with Gasteiger partial charge < -0.3 is 20.1 Å². The van der Waals surface area contributed by atoms with Crippen LogP contribution in [0.25, 0.3) is 6.08 Å². The number of aryl methyl sites for hydroxylation is 2. The number of para-hydroxylation sites is 1. The minimum absolute atomic E-state index is 0.0636. The number of nitriles is 1. The lowest BCUT2D eigenvalue weighted by Crippen LogP contribution is -2.20. The maximum Gasteiger partial charge on any atom is 0.266 e. The van der Waals surface area contributed by atoms with Crippen molar-refractivity contribution >= 4 is 63.5 Å². The Balaban J connectivity index is 1.77. The minimum Gasteiger partial charge on any atom is -0.490 e. The van der Waals surface area contributed by atoms with Gasteiger partial charge in [-0.25, -0.2) is 0 Å². The molecule has 0 heterocycles. The number of halogens is 2. The summed E-state index contributed by atoms with van der Waals surface area (Å²) < 4.78 is 12.2. The molecule has 9 heteroatoms. The molecule has 2 N–H and O–H groups in total. The van der Waals surface area contributed by atoms with Crippen molar-refractivity contribution in [3.63, 3.8) is 0 Å². The largest absolute Gasteiger partial charge is 0.490 e. The summed E-state index contributed by atoms with van der Waals surface area (Å²) in [6.07, 6.45) is 1.48. The first-order valence-electron chi connectivity index (χ1n) is 11.4. The van der Waals surface area contributed by atoms with Crippen molar-refractivity contribution in [1.82, 2.24) is 0 Å². The van der Waals surface area contributed by atoms with Gasteiger partial charge in [-0.15, -0.1) is 0 Å². The fourth-order valence-electron chi connectivity index (χ4n) is 3.30. The number of benzene rings is 3. The van der Waals surface area contributed by atoms with Crippen LogP contribution in [-0.4, -0.2) is 25.0 Å². The smallest absolute Gasteiger partial charge is 0.266 e. The van der Waals surface area contributed by atoms with E-state index in [1.807, 2.05) is 51.1 Å². The number of nitrogens with zero attached hydrogens (tertiary/aromatic N) is 1. The van der Waals surface area contributed by atoms with Gasteiger partial charge in [-0.2, -0.15) is 5.26 Å². The van der Waals surface area contributed by atoms with Gasteiger partial charge in [0.05, 0.1) is 10.2 Å². The van der Waals surface area contributed by atoms with Crippen molar-refractivity contribution < 1.29 is 19.1 Å². The highest BCUT2D eigenvalue weighted by molar-refractivity contribution is 14.1. The maximum atomic E-state index is 12.7. The highest BCUT2D eigenvalue weighted by Gasteiger charge is 2.16. The summed E-state index contributed by atoms with van der Waals surface area (Å²) in [5, 5.41) is 15.7. The van der Waals surface area contributed by atoms with Crippen LogP contribution in [-0.2, 0) is 9.59 Å². The van der Waals surface area contributed by atoms with Gasteiger partial charge in [0.1, 0.15) is 11.6 Å². The highest BCUT2D eigenvalue weighted by atomic mass is 127. The van der Waals surface area contributed by atoms with Gasteiger partial charge in [-0.3, -0.25) is 9.59 Å². The average Bonchev–Trinajstić information content (AvgIpc) is 2.85. The van der Waals surface area contributed by atoms with E-state index in [0.29, 0.717) is 43.6 Å². The molecule has 0 spiro atoms. The van der Waals surface area contributed by atoms with E-state index in [1.165, 1.54) is 6.08 Å². The second-order valence-corrected chi connectivity index (χ2v) is 9.57.